The van der Waals surface area contributed by atoms with Gasteiger partial charge in [-0.15, -0.1) is 0 Å². The molecular formula is C25H31N3O2. The summed E-state index contributed by atoms with van der Waals surface area (Å²) in [6, 6.07) is 19.0. The molecular weight excluding hydrogens is 374 g/mol. The number of hydrogen-bond acceptors (Lipinski definition) is 3. The van der Waals surface area contributed by atoms with Gasteiger partial charge in [0.05, 0.1) is 7.11 Å². The van der Waals surface area contributed by atoms with Crippen LogP contribution in [0, 0.1) is 0 Å². The summed E-state index contributed by atoms with van der Waals surface area (Å²) in [4.78, 5) is 18.7. The lowest BCUT2D eigenvalue weighted by Crippen LogP contribution is -2.46. The Morgan fingerprint density at radius 1 is 1.17 bits per heavy atom. The van der Waals surface area contributed by atoms with Crippen LogP contribution in [0.4, 0.5) is 0 Å². The van der Waals surface area contributed by atoms with Crippen molar-refractivity contribution < 1.29 is 9.53 Å². The van der Waals surface area contributed by atoms with Gasteiger partial charge in [0.1, 0.15) is 11.4 Å². The molecule has 0 saturated heterocycles. The number of nitrogens with one attached hydrogen (secondary N) is 2. The van der Waals surface area contributed by atoms with Crippen molar-refractivity contribution in [1.82, 2.24) is 15.2 Å². The molecule has 0 unspecified atom stereocenters. The summed E-state index contributed by atoms with van der Waals surface area (Å²) in [5, 5.41) is 4.65. The van der Waals surface area contributed by atoms with Gasteiger partial charge in [0, 0.05) is 36.1 Å². The lowest BCUT2D eigenvalue weighted by molar-refractivity contribution is 0.0623. The van der Waals surface area contributed by atoms with Gasteiger partial charge in [0.25, 0.3) is 5.91 Å². The zero-order chi connectivity index (χ0) is 20.9. The van der Waals surface area contributed by atoms with E-state index in [0.717, 1.165) is 42.5 Å². The minimum Gasteiger partial charge on any atom is -0.496 e. The standard InChI is InChI=1S/C25H31N3O2/c1-3-28(25(29)23-16-21-22(27-23)13-8-14-24(21)30-2)20-12-7-11-19(15-20)26-17-18-9-5-4-6-10-18/h4-6,8-10,13-14,16,19-20,26-27H,3,7,11-12,15,17H2,1-2H3/t19-,20+/m1/s1. The third-order valence-electron chi connectivity index (χ3n) is 6.20. The van der Waals surface area contributed by atoms with Gasteiger partial charge in [-0.3, -0.25) is 4.79 Å². The predicted molar refractivity (Wildman–Crippen MR) is 121 cm³/mol. The average Bonchev–Trinajstić information content (AvgIpc) is 3.24. The molecule has 2 N–H and O–H groups in total. The van der Waals surface area contributed by atoms with Gasteiger partial charge < -0.3 is 19.9 Å². The summed E-state index contributed by atoms with van der Waals surface area (Å²) in [7, 11) is 1.66. The van der Waals surface area contributed by atoms with Crippen LogP contribution < -0.4 is 10.1 Å². The Labute approximate surface area is 178 Å². The maximum Gasteiger partial charge on any atom is 0.270 e. The van der Waals surface area contributed by atoms with Crippen molar-refractivity contribution in [2.45, 2.75) is 51.2 Å². The first kappa shape index (κ1) is 20.5. The first-order valence-electron chi connectivity index (χ1n) is 10.9. The molecule has 0 aliphatic heterocycles. The molecule has 2 aromatic carbocycles. The van der Waals surface area contributed by atoms with E-state index in [1.165, 1.54) is 12.0 Å². The fourth-order valence-electron chi connectivity index (χ4n) is 4.63. The third-order valence-corrected chi connectivity index (χ3v) is 6.20. The zero-order valence-corrected chi connectivity index (χ0v) is 17.9. The largest absolute Gasteiger partial charge is 0.496 e. The van der Waals surface area contributed by atoms with E-state index in [1.807, 2.05) is 35.2 Å². The van der Waals surface area contributed by atoms with E-state index in [4.69, 9.17) is 4.74 Å². The van der Waals surface area contributed by atoms with Crippen molar-refractivity contribution in [3.05, 3.63) is 65.9 Å². The van der Waals surface area contributed by atoms with Gasteiger partial charge in [-0.1, -0.05) is 36.4 Å². The van der Waals surface area contributed by atoms with Gasteiger partial charge in [0.2, 0.25) is 0 Å². The quantitative estimate of drug-likeness (QED) is 0.597. The molecule has 4 rings (SSSR count). The van der Waals surface area contributed by atoms with Gasteiger partial charge >= 0.3 is 0 Å². The molecule has 5 nitrogen and oxygen atoms in total. The molecule has 1 aliphatic carbocycles. The number of rotatable bonds is 7. The number of carbonyl (C=O) groups is 1. The molecule has 5 heteroatoms. The van der Waals surface area contributed by atoms with Crippen molar-refractivity contribution in [2.75, 3.05) is 13.7 Å². The Kier molecular flexibility index (Phi) is 6.38. The van der Waals surface area contributed by atoms with E-state index < -0.39 is 0 Å². The number of nitrogens with zero attached hydrogens (tertiary/aromatic N) is 1. The summed E-state index contributed by atoms with van der Waals surface area (Å²) in [5.74, 6) is 0.859. The van der Waals surface area contributed by atoms with E-state index in [9.17, 15) is 4.79 Å². The third kappa shape index (κ3) is 4.36. The Bertz CT molecular complexity index is 982. The number of hydrogen-bond donors (Lipinski definition) is 2. The smallest absolute Gasteiger partial charge is 0.270 e. The van der Waals surface area contributed by atoms with Gasteiger partial charge in [-0.2, -0.15) is 0 Å². The fraction of sp³-hybridized carbons (Fsp3) is 0.400. The molecule has 0 radical (unpaired) electrons. The second kappa shape index (κ2) is 9.35. The number of aromatic amines is 1. The molecule has 158 valence electrons. The Hall–Kier alpha value is -2.79. The summed E-state index contributed by atoms with van der Waals surface area (Å²) in [6.07, 6.45) is 4.36. The van der Waals surface area contributed by atoms with Crippen LogP contribution in [0.5, 0.6) is 5.75 Å². The molecule has 1 fully saturated rings. The van der Waals surface area contributed by atoms with E-state index in [1.54, 1.807) is 7.11 Å². The summed E-state index contributed by atoms with van der Waals surface area (Å²) >= 11 is 0. The van der Waals surface area contributed by atoms with Crippen LogP contribution in [0.25, 0.3) is 10.9 Å². The first-order valence-corrected chi connectivity index (χ1v) is 10.9. The molecule has 1 amide bonds. The topological polar surface area (TPSA) is 57.4 Å². The van der Waals surface area contributed by atoms with E-state index in [2.05, 4.69) is 41.5 Å². The normalized spacial score (nSPS) is 19.0. The molecule has 1 heterocycles. The van der Waals surface area contributed by atoms with Crippen LogP contribution in [0.1, 0.15) is 48.7 Å². The number of carbonyl (C=O) groups excluding carboxylic acids is 1. The minimum absolute atomic E-state index is 0.0736. The first-order chi connectivity index (χ1) is 14.7. The molecule has 0 bridgehead atoms. The van der Waals surface area contributed by atoms with E-state index in [0.29, 0.717) is 18.3 Å². The molecule has 1 aliphatic rings. The van der Waals surface area contributed by atoms with Crippen LogP contribution in [0.3, 0.4) is 0 Å². The lowest BCUT2D eigenvalue weighted by atomic mass is 9.89. The predicted octanol–water partition coefficient (Wildman–Crippen LogP) is 4.74. The highest BCUT2D eigenvalue weighted by Gasteiger charge is 2.30. The van der Waals surface area contributed by atoms with Crippen LogP contribution in [0.15, 0.2) is 54.6 Å². The van der Waals surface area contributed by atoms with E-state index >= 15 is 0 Å². The highest BCUT2D eigenvalue weighted by atomic mass is 16.5. The highest BCUT2D eigenvalue weighted by Crippen LogP contribution is 2.29. The Morgan fingerprint density at radius 2 is 2.00 bits per heavy atom. The maximum absolute atomic E-state index is 13.4. The maximum atomic E-state index is 13.4. The van der Waals surface area contributed by atoms with Crippen LogP contribution >= 0.6 is 0 Å². The number of ether oxygens (including phenoxy) is 1. The van der Waals surface area contributed by atoms with Crippen molar-refractivity contribution in [1.29, 1.82) is 0 Å². The van der Waals surface area contributed by atoms with Crippen molar-refractivity contribution in [3.8, 4) is 5.75 Å². The Balaban J connectivity index is 1.45. The number of amides is 1. The second-order valence-corrected chi connectivity index (χ2v) is 8.08. The zero-order valence-electron chi connectivity index (χ0n) is 17.9. The van der Waals surface area contributed by atoms with Crippen LogP contribution in [-0.2, 0) is 6.54 Å². The highest BCUT2D eigenvalue weighted by molar-refractivity contribution is 5.99. The fourth-order valence-corrected chi connectivity index (χ4v) is 4.63. The van der Waals surface area contributed by atoms with Crippen molar-refractivity contribution in [3.63, 3.8) is 0 Å². The molecule has 2 atom stereocenters. The number of fused-ring (bicyclic) bond motifs is 1. The molecule has 3 aromatic rings. The number of aromatic nitrogens is 1. The monoisotopic (exact) mass is 405 g/mol. The minimum atomic E-state index is 0.0736. The molecule has 30 heavy (non-hydrogen) atoms. The molecule has 1 aromatic heterocycles. The summed E-state index contributed by atoms with van der Waals surface area (Å²) in [5.41, 5.74) is 2.87. The lowest BCUT2D eigenvalue weighted by Gasteiger charge is -2.37. The number of H-pyrrole nitrogens is 1. The average molecular weight is 406 g/mol. The van der Waals surface area contributed by atoms with Crippen molar-refractivity contribution in [2.24, 2.45) is 0 Å². The molecule has 0 spiro atoms. The summed E-state index contributed by atoms with van der Waals surface area (Å²) < 4.78 is 5.45. The Morgan fingerprint density at radius 3 is 2.77 bits per heavy atom. The number of benzene rings is 2. The van der Waals surface area contributed by atoms with Crippen molar-refractivity contribution >= 4 is 16.8 Å². The number of methoxy groups -OCH3 is 1. The van der Waals surface area contributed by atoms with Crippen LogP contribution in [-0.4, -0.2) is 41.5 Å². The second-order valence-electron chi connectivity index (χ2n) is 8.08. The molecule has 1 saturated carbocycles. The van der Waals surface area contributed by atoms with E-state index in [-0.39, 0.29) is 11.9 Å². The summed E-state index contributed by atoms with van der Waals surface area (Å²) in [6.45, 7) is 3.66. The SMILES string of the molecule is CCN(C(=O)c1cc2c(OC)cccc2[nH]1)[C@H]1CCC[C@@H](NCc2ccccc2)C1. The van der Waals surface area contributed by atoms with Crippen LogP contribution in [0.2, 0.25) is 0 Å². The van der Waals surface area contributed by atoms with Gasteiger partial charge in [-0.05, 0) is 56.4 Å². The van der Waals surface area contributed by atoms with Gasteiger partial charge in [0.15, 0.2) is 0 Å². The van der Waals surface area contributed by atoms with Gasteiger partial charge in [-0.25, -0.2) is 0 Å².